The second kappa shape index (κ2) is 6.04. The van der Waals surface area contributed by atoms with E-state index in [9.17, 15) is 0 Å². The molecule has 16 heavy (non-hydrogen) atoms. The minimum Gasteiger partial charge on any atom is -0.473 e. The molecular weight excluding hydrogens is 224 g/mol. The summed E-state index contributed by atoms with van der Waals surface area (Å²) in [7, 11) is 0. The van der Waals surface area contributed by atoms with E-state index in [1.54, 1.807) is 12.4 Å². The molecule has 0 unspecified atom stereocenters. The van der Waals surface area contributed by atoms with Crippen molar-refractivity contribution in [2.75, 3.05) is 0 Å². The van der Waals surface area contributed by atoms with Crippen LogP contribution in [0.5, 0.6) is 5.88 Å². The fraction of sp³-hybridized carbons (Fsp3) is 0.667. The summed E-state index contributed by atoms with van der Waals surface area (Å²) in [5.74, 6) is 1.03. The van der Waals surface area contributed by atoms with Crippen LogP contribution in [0.3, 0.4) is 0 Å². The molecule has 1 aromatic heterocycles. The summed E-state index contributed by atoms with van der Waals surface area (Å²) in [6.07, 6.45) is 11.1. The van der Waals surface area contributed by atoms with Gasteiger partial charge in [0.2, 0.25) is 5.88 Å². The number of alkyl halides is 1. The molecule has 1 heterocycles. The van der Waals surface area contributed by atoms with Gasteiger partial charge in [-0.3, -0.25) is 4.98 Å². The Labute approximate surface area is 101 Å². The number of halogens is 1. The molecule has 1 aliphatic rings. The maximum absolute atomic E-state index is 5.82. The van der Waals surface area contributed by atoms with Crippen LogP contribution in [0.2, 0.25) is 0 Å². The molecule has 0 amide bonds. The van der Waals surface area contributed by atoms with Crippen molar-refractivity contribution in [1.29, 1.82) is 0 Å². The van der Waals surface area contributed by atoms with Gasteiger partial charge in [-0.05, 0) is 25.7 Å². The van der Waals surface area contributed by atoms with Gasteiger partial charge in [0.25, 0.3) is 0 Å². The van der Waals surface area contributed by atoms with E-state index in [0.29, 0.717) is 17.9 Å². The third kappa shape index (κ3) is 3.34. The fourth-order valence-electron chi connectivity index (χ4n) is 2.00. The largest absolute Gasteiger partial charge is 0.473 e. The van der Waals surface area contributed by atoms with E-state index >= 15 is 0 Å². The Balaban J connectivity index is 1.91. The first-order chi connectivity index (χ1) is 7.88. The molecule has 1 saturated carbocycles. The average molecular weight is 241 g/mol. The van der Waals surface area contributed by atoms with Gasteiger partial charge in [0, 0.05) is 0 Å². The molecule has 0 spiro atoms. The second-order valence-corrected chi connectivity index (χ2v) is 4.48. The van der Waals surface area contributed by atoms with Gasteiger partial charge in [0.1, 0.15) is 6.10 Å². The zero-order valence-electron chi connectivity index (χ0n) is 9.36. The van der Waals surface area contributed by atoms with Crippen LogP contribution in [-0.4, -0.2) is 16.1 Å². The molecular formula is C12H17ClN2O. The van der Waals surface area contributed by atoms with Crippen molar-refractivity contribution in [1.82, 2.24) is 9.97 Å². The van der Waals surface area contributed by atoms with Crippen LogP contribution in [0.25, 0.3) is 0 Å². The maximum atomic E-state index is 5.82. The molecule has 0 atom stereocenters. The van der Waals surface area contributed by atoms with Crippen LogP contribution in [0.1, 0.15) is 44.2 Å². The number of nitrogens with zero attached hydrogens (tertiary/aromatic N) is 2. The van der Waals surface area contributed by atoms with Crippen molar-refractivity contribution in [3.63, 3.8) is 0 Å². The molecule has 0 saturated heterocycles. The highest BCUT2D eigenvalue weighted by atomic mass is 35.5. The van der Waals surface area contributed by atoms with Gasteiger partial charge in [-0.25, -0.2) is 4.98 Å². The minimum atomic E-state index is 0.318. The van der Waals surface area contributed by atoms with E-state index < -0.39 is 0 Å². The van der Waals surface area contributed by atoms with Gasteiger partial charge in [-0.15, -0.1) is 11.6 Å². The first-order valence-electron chi connectivity index (χ1n) is 5.92. The summed E-state index contributed by atoms with van der Waals surface area (Å²) in [5, 5.41) is 0. The summed E-state index contributed by atoms with van der Waals surface area (Å²) in [6.45, 7) is 0. The Bertz CT molecular complexity index is 307. The highest BCUT2D eigenvalue weighted by molar-refractivity contribution is 6.16. The van der Waals surface area contributed by atoms with Crippen LogP contribution in [-0.2, 0) is 5.88 Å². The lowest BCUT2D eigenvalue weighted by Gasteiger charge is -2.15. The predicted molar refractivity (Wildman–Crippen MR) is 63.7 cm³/mol. The van der Waals surface area contributed by atoms with Crippen molar-refractivity contribution in [2.45, 2.75) is 50.5 Å². The lowest BCUT2D eigenvalue weighted by molar-refractivity contribution is 0.175. The maximum Gasteiger partial charge on any atom is 0.232 e. The fourth-order valence-corrected chi connectivity index (χ4v) is 2.14. The quantitative estimate of drug-likeness (QED) is 0.601. The van der Waals surface area contributed by atoms with Crippen LogP contribution >= 0.6 is 11.6 Å². The van der Waals surface area contributed by atoms with Gasteiger partial charge in [0.05, 0.1) is 24.0 Å². The van der Waals surface area contributed by atoms with Crippen molar-refractivity contribution >= 4 is 11.6 Å². The van der Waals surface area contributed by atoms with Gasteiger partial charge in [-0.1, -0.05) is 12.8 Å². The van der Waals surface area contributed by atoms with Crippen LogP contribution in [0, 0.1) is 0 Å². The summed E-state index contributed by atoms with van der Waals surface area (Å²) in [4.78, 5) is 8.37. The minimum absolute atomic E-state index is 0.318. The highest BCUT2D eigenvalue weighted by Crippen LogP contribution is 2.21. The molecule has 1 fully saturated rings. The summed E-state index contributed by atoms with van der Waals surface area (Å²) < 4.78 is 5.82. The topological polar surface area (TPSA) is 35.0 Å². The third-order valence-electron chi connectivity index (χ3n) is 2.91. The molecule has 1 aliphatic carbocycles. The van der Waals surface area contributed by atoms with Crippen molar-refractivity contribution < 1.29 is 4.74 Å². The Hall–Kier alpha value is -0.830. The van der Waals surface area contributed by atoms with Gasteiger partial charge in [-0.2, -0.15) is 0 Å². The SMILES string of the molecule is ClCc1cnc(OC2CCCCCC2)cn1. The van der Waals surface area contributed by atoms with E-state index in [2.05, 4.69) is 9.97 Å². The van der Waals surface area contributed by atoms with E-state index in [4.69, 9.17) is 16.3 Å². The van der Waals surface area contributed by atoms with Gasteiger partial charge < -0.3 is 4.74 Å². The van der Waals surface area contributed by atoms with Gasteiger partial charge in [0.15, 0.2) is 0 Å². The lowest BCUT2D eigenvalue weighted by atomic mass is 10.1. The van der Waals surface area contributed by atoms with Crippen LogP contribution < -0.4 is 4.74 Å². The lowest BCUT2D eigenvalue weighted by Crippen LogP contribution is -2.16. The first kappa shape index (κ1) is 11.6. The van der Waals surface area contributed by atoms with E-state index in [1.165, 1.54) is 25.7 Å². The van der Waals surface area contributed by atoms with Crippen molar-refractivity contribution in [2.24, 2.45) is 0 Å². The zero-order chi connectivity index (χ0) is 11.2. The molecule has 0 aromatic carbocycles. The molecule has 3 nitrogen and oxygen atoms in total. The summed E-state index contributed by atoms with van der Waals surface area (Å²) in [5.41, 5.74) is 0.787. The molecule has 4 heteroatoms. The van der Waals surface area contributed by atoms with Gasteiger partial charge >= 0.3 is 0 Å². The normalized spacial score (nSPS) is 18.1. The Morgan fingerprint density at radius 1 is 1.12 bits per heavy atom. The van der Waals surface area contributed by atoms with E-state index in [0.717, 1.165) is 18.5 Å². The molecule has 0 radical (unpaired) electrons. The number of ether oxygens (including phenoxy) is 1. The number of hydrogen-bond donors (Lipinski definition) is 0. The van der Waals surface area contributed by atoms with E-state index in [-0.39, 0.29) is 0 Å². The molecule has 0 N–H and O–H groups in total. The number of hydrogen-bond acceptors (Lipinski definition) is 3. The van der Waals surface area contributed by atoms with Crippen LogP contribution in [0.4, 0.5) is 0 Å². The number of aromatic nitrogens is 2. The molecule has 0 bridgehead atoms. The zero-order valence-corrected chi connectivity index (χ0v) is 10.1. The monoisotopic (exact) mass is 240 g/mol. The van der Waals surface area contributed by atoms with Crippen LogP contribution in [0.15, 0.2) is 12.4 Å². The molecule has 1 aromatic rings. The van der Waals surface area contributed by atoms with Crippen molar-refractivity contribution in [3.05, 3.63) is 18.1 Å². The smallest absolute Gasteiger partial charge is 0.232 e. The Kier molecular flexibility index (Phi) is 4.40. The standard InChI is InChI=1S/C12H17ClN2O/c13-7-10-8-15-12(9-14-10)16-11-5-3-1-2-4-6-11/h8-9,11H,1-7H2. The number of rotatable bonds is 3. The third-order valence-corrected chi connectivity index (χ3v) is 3.18. The second-order valence-electron chi connectivity index (χ2n) is 4.21. The van der Waals surface area contributed by atoms with E-state index in [1.807, 2.05) is 0 Å². The summed E-state index contributed by atoms with van der Waals surface area (Å²) >= 11 is 5.65. The molecule has 2 rings (SSSR count). The molecule has 0 aliphatic heterocycles. The molecule has 88 valence electrons. The first-order valence-corrected chi connectivity index (χ1v) is 6.45. The van der Waals surface area contributed by atoms with Crippen molar-refractivity contribution in [3.8, 4) is 5.88 Å². The highest BCUT2D eigenvalue weighted by Gasteiger charge is 2.14. The summed E-state index contributed by atoms with van der Waals surface area (Å²) in [6, 6.07) is 0. The average Bonchev–Trinajstić information content (AvgIpc) is 2.59. The Morgan fingerprint density at radius 2 is 1.88 bits per heavy atom. The predicted octanol–water partition coefficient (Wildman–Crippen LogP) is 3.32. The Morgan fingerprint density at radius 3 is 2.44 bits per heavy atom.